The molecule has 0 radical (unpaired) electrons. The van der Waals surface area contributed by atoms with Gasteiger partial charge in [0.05, 0.1) is 19.2 Å². The van der Waals surface area contributed by atoms with Crippen LogP contribution in [0.15, 0.2) is 42.0 Å². The zero-order valence-electron chi connectivity index (χ0n) is 12.6. The molecule has 5 nitrogen and oxygen atoms in total. The van der Waals surface area contributed by atoms with Gasteiger partial charge in [-0.05, 0) is 29.5 Å². The van der Waals surface area contributed by atoms with Crippen LogP contribution in [-0.2, 0) is 13.1 Å². The maximum Gasteiger partial charge on any atom is 0.318 e. The first-order valence-electron chi connectivity index (χ1n) is 7.31. The standard InChI is InChI=1S/C16H21N3O2S/c1-2-14(12-20)19(11-13-5-3-7-17-9-13)16(21)18-10-15-6-4-8-22-15/h3-9,14,20H,2,10-12H2,1H3,(H,18,21). The molecule has 0 aliphatic rings. The van der Waals surface area contributed by atoms with Gasteiger partial charge in [0.2, 0.25) is 0 Å². The Morgan fingerprint density at radius 2 is 2.32 bits per heavy atom. The van der Waals surface area contributed by atoms with Crippen molar-refractivity contribution in [1.82, 2.24) is 15.2 Å². The lowest BCUT2D eigenvalue weighted by molar-refractivity contribution is 0.125. The van der Waals surface area contributed by atoms with E-state index in [9.17, 15) is 9.90 Å². The highest BCUT2D eigenvalue weighted by atomic mass is 32.1. The Bertz CT molecular complexity index is 556. The summed E-state index contributed by atoms with van der Waals surface area (Å²) >= 11 is 1.61. The number of carbonyl (C=O) groups is 1. The Labute approximate surface area is 134 Å². The number of hydrogen-bond donors (Lipinski definition) is 2. The zero-order valence-corrected chi connectivity index (χ0v) is 13.4. The first-order chi connectivity index (χ1) is 10.7. The summed E-state index contributed by atoms with van der Waals surface area (Å²) in [6.45, 7) is 2.85. The lowest BCUT2D eigenvalue weighted by Crippen LogP contribution is -2.46. The first-order valence-corrected chi connectivity index (χ1v) is 8.19. The lowest BCUT2D eigenvalue weighted by Gasteiger charge is -2.30. The largest absolute Gasteiger partial charge is 0.394 e. The number of nitrogens with one attached hydrogen (secondary N) is 1. The van der Waals surface area contributed by atoms with Crippen molar-refractivity contribution in [1.29, 1.82) is 0 Å². The van der Waals surface area contributed by atoms with E-state index >= 15 is 0 Å². The molecule has 0 saturated carbocycles. The summed E-state index contributed by atoms with van der Waals surface area (Å²) in [6.07, 6.45) is 4.14. The SMILES string of the molecule is CCC(CO)N(Cc1cccnc1)C(=O)NCc1cccs1. The molecule has 0 aromatic carbocycles. The second kappa shape index (κ2) is 8.51. The van der Waals surface area contributed by atoms with Gasteiger partial charge in [-0.2, -0.15) is 0 Å². The molecule has 0 aliphatic heterocycles. The van der Waals surface area contributed by atoms with Crippen LogP contribution in [0.5, 0.6) is 0 Å². The van der Waals surface area contributed by atoms with Crippen molar-refractivity contribution in [3.05, 3.63) is 52.5 Å². The van der Waals surface area contributed by atoms with Crippen molar-refractivity contribution in [3.63, 3.8) is 0 Å². The number of hydrogen-bond acceptors (Lipinski definition) is 4. The van der Waals surface area contributed by atoms with Gasteiger partial charge in [-0.15, -0.1) is 11.3 Å². The first kappa shape index (κ1) is 16.5. The van der Waals surface area contributed by atoms with Gasteiger partial charge in [-0.25, -0.2) is 4.79 Å². The van der Waals surface area contributed by atoms with Crippen LogP contribution in [0.2, 0.25) is 0 Å². The fraction of sp³-hybridized carbons (Fsp3) is 0.375. The van der Waals surface area contributed by atoms with Crippen LogP contribution in [0.1, 0.15) is 23.8 Å². The van der Waals surface area contributed by atoms with Gasteiger partial charge in [0.15, 0.2) is 0 Å². The van der Waals surface area contributed by atoms with Crippen molar-refractivity contribution in [3.8, 4) is 0 Å². The van der Waals surface area contributed by atoms with Gasteiger partial charge in [0, 0.05) is 23.8 Å². The predicted octanol–water partition coefficient (Wildman–Crippen LogP) is 2.63. The van der Waals surface area contributed by atoms with E-state index < -0.39 is 0 Å². The molecule has 2 amide bonds. The Balaban J connectivity index is 2.04. The summed E-state index contributed by atoms with van der Waals surface area (Å²) in [7, 11) is 0. The number of thiophene rings is 1. The molecule has 0 saturated heterocycles. The monoisotopic (exact) mass is 319 g/mol. The summed E-state index contributed by atoms with van der Waals surface area (Å²) in [4.78, 5) is 19.3. The fourth-order valence-corrected chi connectivity index (χ4v) is 2.83. The molecule has 1 atom stereocenters. The number of urea groups is 1. The predicted molar refractivity (Wildman–Crippen MR) is 87.5 cm³/mol. The van der Waals surface area contributed by atoms with E-state index in [1.165, 1.54) is 0 Å². The van der Waals surface area contributed by atoms with E-state index in [0.717, 1.165) is 10.4 Å². The van der Waals surface area contributed by atoms with E-state index in [4.69, 9.17) is 0 Å². The van der Waals surface area contributed by atoms with Crippen molar-refractivity contribution in [2.24, 2.45) is 0 Å². The van der Waals surface area contributed by atoms with Crippen LogP contribution < -0.4 is 5.32 Å². The molecule has 1 unspecified atom stereocenters. The van der Waals surface area contributed by atoms with Crippen molar-refractivity contribution in [2.45, 2.75) is 32.5 Å². The molecular weight excluding hydrogens is 298 g/mol. The molecule has 2 rings (SSSR count). The van der Waals surface area contributed by atoms with Gasteiger partial charge in [0.25, 0.3) is 0 Å². The quantitative estimate of drug-likeness (QED) is 0.824. The van der Waals surface area contributed by atoms with Crippen LogP contribution in [-0.4, -0.2) is 33.7 Å². The van der Waals surface area contributed by atoms with E-state index in [0.29, 0.717) is 19.5 Å². The number of rotatable bonds is 7. The van der Waals surface area contributed by atoms with Gasteiger partial charge in [-0.1, -0.05) is 19.1 Å². The smallest absolute Gasteiger partial charge is 0.318 e. The molecule has 118 valence electrons. The van der Waals surface area contributed by atoms with Crippen LogP contribution >= 0.6 is 11.3 Å². The second-order valence-corrected chi connectivity index (χ2v) is 6.00. The lowest BCUT2D eigenvalue weighted by atomic mass is 10.2. The Kier molecular flexibility index (Phi) is 6.36. The molecule has 0 spiro atoms. The molecule has 2 N–H and O–H groups in total. The number of nitrogens with zero attached hydrogens (tertiary/aromatic N) is 2. The number of pyridine rings is 1. The number of aliphatic hydroxyl groups excluding tert-OH is 1. The molecular formula is C16H21N3O2S. The maximum absolute atomic E-state index is 12.5. The van der Waals surface area contributed by atoms with Gasteiger partial charge < -0.3 is 15.3 Å². The molecule has 22 heavy (non-hydrogen) atoms. The highest BCUT2D eigenvalue weighted by Crippen LogP contribution is 2.12. The third-order valence-corrected chi connectivity index (χ3v) is 4.33. The summed E-state index contributed by atoms with van der Waals surface area (Å²) in [5, 5.41) is 14.4. The summed E-state index contributed by atoms with van der Waals surface area (Å²) in [5.41, 5.74) is 0.945. The average molecular weight is 319 g/mol. The number of aromatic nitrogens is 1. The molecule has 2 aromatic heterocycles. The van der Waals surface area contributed by atoms with Crippen molar-refractivity contribution in [2.75, 3.05) is 6.61 Å². The summed E-state index contributed by atoms with van der Waals surface area (Å²) < 4.78 is 0. The third-order valence-electron chi connectivity index (χ3n) is 3.45. The summed E-state index contributed by atoms with van der Waals surface area (Å²) in [5.74, 6) is 0. The van der Waals surface area contributed by atoms with Gasteiger partial charge >= 0.3 is 6.03 Å². The molecule has 0 fully saturated rings. The van der Waals surface area contributed by atoms with Crippen LogP contribution in [0.3, 0.4) is 0 Å². The van der Waals surface area contributed by atoms with Crippen LogP contribution in [0.4, 0.5) is 4.79 Å². The Morgan fingerprint density at radius 1 is 1.45 bits per heavy atom. The second-order valence-electron chi connectivity index (χ2n) is 4.97. The minimum absolute atomic E-state index is 0.0524. The van der Waals surface area contributed by atoms with Crippen LogP contribution in [0, 0.1) is 0 Å². The minimum atomic E-state index is -0.205. The van der Waals surface area contributed by atoms with E-state index in [1.807, 2.05) is 36.6 Å². The van der Waals surface area contributed by atoms with Crippen LogP contribution in [0.25, 0.3) is 0 Å². The summed E-state index contributed by atoms with van der Waals surface area (Å²) in [6, 6.07) is 7.34. The number of carbonyl (C=O) groups excluding carboxylic acids is 1. The van der Waals surface area contributed by atoms with E-state index in [1.54, 1.807) is 28.6 Å². The van der Waals surface area contributed by atoms with E-state index in [-0.39, 0.29) is 18.7 Å². The van der Waals surface area contributed by atoms with Gasteiger partial charge in [0.1, 0.15) is 0 Å². The fourth-order valence-electron chi connectivity index (χ4n) is 2.18. The average Bonchev–Trinajstić information content (AvgIpc) is 3.07. The topological polar surface area (TPSA) is 65.5 Å². The van der Waals surface area contributed by atoms with Crippen molar-refractivity contribution >= 4 is 17.4 Å². The Hall–Kier alpha value is -1.92. The zero-order chi connectivity index (χ0) is 15.8. The maximum atomic E-state index is 12.5. The highest BCUT2D eigenvalue weighted by molar-refractivity contribution is 7.09. The third kappa shape index (κ3) is 4.54. The molecule has 0 aliphatic carbocycles. The van der Waals surface area contributed by atoms with Crippen molar-refractivity contribution < 1.29 is 9.90 Å². The van der Waals surface area contributed by atoms with E-state index in [2.05, 4.69) is 10.3 Å². The molecule has 6 heteroatoms. The minimum Gasteiger partial charge on any atom is -0.394 e. The Morgan fingerprint density at radius 3 is 2.91 bits per heavy atom. The molecule has 2 aromatic rings. The number of amides is 2. The number of aliphatic hydroxyl groups is 1. The molecule has 0 bridgehead atoms. The normalized spacial score (nSPS) is 11.9. The molecule has 2 heterocycles. The highest BCUT2D eigenvalue weighted by Gasteiger charge is 2.22. The van der Waals surface area contributed by atoms with Gasteiger partial charge in [-0.3, -0.25) is 4.98 Å².